The van der Waals surface area contributed by atoms with E-state index < -0.39 is 0 Å². The highest BCUT2D eigenvalue weighted by Gasteiger charge is 2.08. The van der Waals surface area contributed by atoms with Gasteiger partial charge in [-0.25, -0.2) is 5.43 Å². The first kappa shape index (κ1) is 11.1. The maximum atomic E-state index is 11.5. The molecule has 2 heterocycles. The minimum Gasteiger partial charge on any atom is -0.444 e. The normalized spacial score (nSPS) is 10.8. The van der Waals surface area contributed by atoms with Crippen LogP contribution in [0.1, 0.15) is 15.4 Å². The van der Waals surface area contributed by atoms with Gasteiger partial charge < -0.3 is 4.42 Å². The second-order valence-electron chi connectivity index (χ2n) is 2.82. The van der Waals surface area contributed by atoms with Gasteiger partial charge in [0.2, 0.25) is 0 Å². The summed E-state index contributed by atoms with van der Waals surface area (Å²) in [6, 6.07) is 7.04. The molecule has 2 aromatic heterocycles. The highest BCUT2D eigenvalue weighted by Crippen LogP contribution is 2.13. The summed E-state index contributed by atoms with van der Waals surface area (Å²) in [6.45, 7) is 0. The zero-order chi connectivity index (χ0) is 11.4. The lowest BCUT2D eigenvalue weighted by molar-refractivity contribution is 0.0926. The van der Waals surface area contributed by atoms with Gasteiger partial charge in [-0.05, 0) is 39.5 Å². The summed E-state index contributed by atoms with van der Waals surface area (Å²) in [5, 5.41) is 5.75. The van der Waals surface area contributed by atoms with Crippen molar-refractivity contribution in [1.29, 1.82) is 0 Å². The third-order valence-electron chi connectivity index (χ3n) is 1.70. The molecule has 0 saturated carbocycles. The zero-order valence-electron chi connectivity index (χ0n) is 8.01. The second kappa shape index (κ2) is 5.09. The Kier molecular flexibility index (Phi) is 3.53. The Morgan fingerprint density at radius 3 is 3.00 bits per heavy atom. The highest BCUT2D eigenvalue weighted by atomic mass is 79.9. The van der Waals surface area contributed by atoms with Crippen molar-refractivity contribution in [3.8, 4) is 0 Å². The van der Waals surface area contributed by atoms with Gasteiger partial charge in [0.1, 0.15) is 0 Å². The predicted octanol–water partition coefficient (Wildman–Crippen LogP) is 2.87. The zero-order valence-corrected chi connectivity index (χ0v) is 10.4. The molecular formula is C10H7BrN2O2S. The predicted molar refractivity (Wildman–Crippen MR) is 65.8 cm³/mol. The Hall–Kier alpha value is -1.40. The molecule has 0 saturated heterocycles. The number of rotatable bonds is 3. The van der Waals surface area contributed by atoms with Gasteiger partial charge in [0.25, 0.3) is 0 Å². The molecule has 0 aliphatic heterocycles. The van der Waals surface area contributed by atoms with Crippen molar-refractivity contribution in [3.63, 3.8) is 0 Å². The van der Waals surface area contributed by atoms with Crippen LogP contribution >= 0.6 is 27.3 Å². The number of amides is 1. The van der Waals surface area contributed by atoms with Crippen LogP contribution < -0.4 is 5.43 Å². The SMILES string of the molecule is O=C(NN=Cc1cccs1)c1ccc(Br)o1. The fraction of sp³-hybridized carbons (Fsp3) is 0. The van der Waals surface area contributed by atoms with Crippen LogP contribution in [0.15, 0.2) is 43.8 Å². The molecule has 1 amide bonds. The number of hydrogen-bond acceptors (Lipinski definition) is 4. The Labute approximate surface area is 104 Å². The quantitative estimate of drug-likeness (QED) is 0.700. The van der Waals surface area contributed by atoms with Gasteiger partial charge in [-0.15, -0.1) is 11.3 Å². The first-order valence-corrected chi connectivity index (χ1v) is 6.05. The number of carbonyl (C=O) groups is 1. The molecule has 0 aliphatic rings. The average molecular weight is 299 g/mol. The third kappa shape index (κ3) is 2.80. The largest absolute Gasteiger partial charge is 0.444 e. The van der Waals surface area contributed by atoms with Crippen molar-refractivity contribution in [1.82, 2.24) is 5.43 Å². The standard InChI is InChI=1S/C10H7BrN2O2S/c11-9-4-3-8(15-9)10(14)13-12-6-7-2-1-5-16-7/h1-6H,(H,13,14). The third-order valence-corrected chi connectivity index (χ3v) is 2.93. The maximum Gasteiger partial charge on any atom is 0.307 e. The van der Waals surface area contributed by atoms with E-state index in [9.17, 15) is 4.79 Å². The van der Waals surface area contributed by atoms with Gasteiger partial charge in [-0.1, -0.05) is 6.07 Å². The summed E-state index contributed by atoms with van der Waals surface area (Å²) in [5.41, 5.74) is 2.37. The first-order valence-electron chi connectivity index (χ1n) is 4.38. The molecule has 16 heavy (non-hydrogen) atoms. The van der Waals surface area contributed by atoms with Crippen LogP contribution in [0.2, 0.25) is 0 Å². The fourth-order valence-electron chi connectivity index (χ4n) is 1.01. The fourth-order valence-corrected chi connectivity index (χ4v) is 1.90. The molecule has 4 nitrogen and oxygen atoms in total. The summed E-state index contributed by atoms with van der Waals surface area (Å²) in [7, 11) is 0. The maximum absolute atomic E-state index is 11.5. The van der Waals surface area contributed by atoms with Crippen LogP contribution in [-0.2, 0) is 0 Å². The summed E-state index contributed by atoms with van der Waals surface area (Å²) in [5.74, 6) is -0.159. The molecule has 0 atom stereocenters. The monoisotopic (exact) mass is 298 g/mol. The van der Waals surface area contributed by atoms with Crippen LogP contribution in [0.25, 0.3) is 0 Å². The summed E-state index contributed by atoms with van der Waals surface area (Å²) in [4.78, 5) is 12.4. The number of thiophene rings is 1. The van der Waals surface area contributed by atoms with E-state index in [1.165, 1.54) is 0 Å². The average Bonchev–Trinajstić information content (AvgIpc) is 2.89. The Balaban J connectivity index is 1.94. The van der Waals surface area contributed by atoms with Crippen LogP contribution in [0, 0.1) is 0 Å². The van der Waals surface area contributed by atoms with E-state index in [4.69, 9.17) is 4.42 Å². The van der Waals surface area contributed by atoms with E-state index in [0.717, 1.165) is 4.88 Å². The lowest BCUT2D eigenvalue weighted by Gasteiger charge is -1.93. The second-order valence-corrected chi connectivity index (χ2v) is 4.58. The van der Waals surface area contributed by atoms with Crippen LogP contribution in [-0.4, -0.2) is 12.1 Å². The van der Waals surface area contributed by atoms with E-state index in [1.54, 1.807) is 29.7 Å². The minimum absolute atomic E-state index is 0.218. The van der Waals surface area contributed by atoms with Crippen molar-refractivity contribution in [2.75, 3.05) is 0 Å². The van der Waals surface area contributed by atoms with Crippen molar-refractivity contribution >= 4 is 39.4 Å². The number of carbonyl (C=O) groups excluding carboxylic acids is 1. The van der Waals surface area contributed by atoms with E-state index in [1.807, 2.05) is 17.5 Å². The Bertz CT molecular complexity index is 505. The smallest absolute Gasteiger partial charge is 0.307 e. The van der Waals surface area contributed by atoms with E-state index in [2.05, 4.69) is 26.5 Å². The summed E-state index contributed by atoms with van der Waals surface area (Å²) >= 11 is 4.66. The van der Waals surface area contributed by atoms with Crippen LogP contribution in [0.3, 0.4) is 0 Å². The van der Waals surface area contributed by atoms with Gasteiger partial charge in [-0.3, -0.25) is 4.79 Å². The molecule has 2 rings (SSSR count). The number of hydrogen-bond donors (Lipinski definition) is 1. The molecule has 2 aromatic rings. The molecule has 0 spiro atoms. The molecule has 82 valence electrons. The summed E-state index contributed by atoms with van der Waals surface area (Å²) < 4.78 is 5.58. The molecule has 0 fully saturated rings. The van der Waals surface area contributed by atoms with Crippen LogP contribution in [0.4, 0.5) is 0 Å². The van der Waals surface area contributed by atoms with E-state index in [0.29, 0.717) is 4.67 Å². The van der Waals surface area contributed by atoms with Gasteiger partial charge in [0.15, 0.2) is 10.4 Å². The molecule has 0 radical (unpaired) electrons. The molecule has 0 unspecified atom stereocenters. The molecule has 0 bridgehead atoms. The molecule has 1 N–H and O–H groups in total. The molecule has 6 heteroatoms. The van der Waals surface area contributed by atoms with E-state index in [-0.39, 0.29) is 11.7 Å². The number of nitrogens with zero attached hydrogens (tertiary/aromatic N) is 1. The Morgan fingerprint density at radius 1 is 1.50 bits per heavy atom. The van der Waals surface area contributed by atoms with Crippen molar-refractivity contribution in [2.45, 2.75) is 0 Å². The van der Waals surface area contributed by atoms with Crippen LogP contribution in [0.5, 0.6) is 0 Å². The first-order chi connectivity index (χ1) is 7.75. The topological polar surface area (TPSA) is 54.6 Å². The number of nitrogens with one attached hydrogen (secondary N) is 1. The van der Waals surface area contributed by atoms with Crippen molar-refractivity contribution in [2.24, 2.45) is 5.10 Å². The molecular weight excluding hydrogens is 292 g/mol. The Morgan fingerprint density at radius 2 is 2.38 bits per heavy atom. The van der Waals surface area contributed by atoms with Gasteiger partial charge in [0.05, 0.1) is 6.21 Å². The minimum atomic E-state index is -0.376. The van der Waals surface area contributed by atoms with Gasteiger partial charge in [0, 0.05) is 4.88 Å². The lowest BCUT2D eigenvalue weighted by atomic mass is 10.4. The highest BCUT2D eigenvalue weighted by molar-refractivity contribution is 9.10. The molecule has 0 aliphatic carbocycles. The van der Waals surface area contributed by atoms with E-state index >= 15 is 0 Å². The lowest BCUT2D eigenvalue weighted by Crippen LogP contribution is -2.16. The van der Waals surface area contributed by atoms with Crippen molar-refractivity contribution in [3.05, 3.63) is 45.0 Å². The number of halogens is 1. The number of hydrazone groups is 1. The van der Waals surface area contributed by atoms with Gasteiger partial charge >= 0.3 is 5.91 Å². The van der Waals surface area contributed by atoms with Gasteiger partial charge in [-0.2, -0.15) is 5.10 Å². The number of furan rings is 1. The summed E-state index contributed by atoms with van der Waals surface area (Å²) in [6.07, 6.45) is 1.58. The molecule has 0 aromatic carbocycles. The van der Waals surface area contributed by atoms with Crippen molar-refractivity contribution < 1.29 is 9.21 Å².